The zero-order valence-corrected chi connectivity index (χ0v) is 10.6. The highest BCUT2D eigenvalue weighted by Crippen LogP contribution is 2.19. The molecule has 98 valence electrons. The average Bonchev–Trinajstić information content (AvgIpc) is 2.47. The summed E-state index contributed by atoms with van der Waals surface area (Å²) < 4.78 is 5.07. The van der Waals surface area contributed by atoms with Crippen LogP contribution < -0.4 is 10.1 Å². The normalized spacial score (nSPS) is 10.0. The van der Waals surface area contributed by atoms with Crippen molar-refractivity contribution in [3.63, 3.8) is 0 Å². The molecule has 0 heterocycles. The monoisotopic (exact) mass is 257 g/mol. The van der Waals surface area contributed by atoms with E-state index in [9.17, 15) is 9.90 Å². The van der Waals surface area contributed by atoms with E-state index < -0.39 is 0 Å². The van der Waals surface area contributed by atoms with E-state index in [-0.39, 0.29) is 12.5 Å². The van der Waals surface area contributed by atoms with E-state index >= 15 is 0 Å². The lowest BCUT2D eigenvalue weighted by molar-refractivity contribution is 0.102. The molecule has 4 nitrogen and oxygen atoms in total. The fourth-order valence-electron chi connectivity index (χ4n) is 1.77. The molecule has 0 atom stereocenters. The summed E-state index contributed by atoms with van der Waals surface area (Å²) in [4.78, 5) is 12.1. The van der Waals surface area contributed by atoms with E-state index in [2.05, 4.69) is 5.32 Å². The van der Waals surface area contributed by atoms with E-state index in [1.54, 1.807) is 37.4 Å². The number of anilines is 1. The maximum Gasteiger partial charge on any atom is 0.256 e. The van der Waals surface area contributed by atoms with Crippen molar-refractivity contribution in [2.45, 2.75) is 6.61 Å². The Morgan fingerprint density at radius 1 is 1.21 bits per heavy atom. The van der Waals surface area contributed by atoms with Crippen LogP contribution in [0.2, 0.25) is 0 Å². The minimum Gasteiger partial charge on any atom is -0.497 e. The summed E-state index contributed by atoms with van der Waals surface area (Å²) in [6.07, 6.45) is 0. The van der Waals surface area contributed by atoms with E-state index in [0.29, 0.717) is 22.6 Å². The molecule has 2 rings (SSSR count). The van der Waals surface area contributed by atoms with Gasteiger partial charge in [-0.15, -0.1) is 0 Å². The Hall–Kier alpha value is -2.33. The molecule has 0 fully saturated rings. The Kier molecular flexibility index (Phi) is 4.15. The molecule has 19 heavy (non-hydrogen) atoms. The van der Waals surface area contributed by atoms with Gasteiger partial charge in [-0.1, -0.05) is 18.2 Å². The molecule has 0 bridgehead atoms. The van der Waals surface area contributed by atoms with Crippen molar-refractivity contribution < 1.29 is 14.6 Å². The van der Waals surface area contributed by atoms with Crippen LogP contribution in [0.5, 0.6) is 5.75 Å². The molecule has 0 aliphatic carbocycles. The predicted octanol–water partition coefficient (Wildman–Crippen LogP) is 2.44. The van der Waals surface area contributed by atoms with Crippen LogP contribution in [0, 0.1) is 0 Å². The number of para-hydroxylation sites is 1. The van der Waals surface area contributed by atoms with Crippen LogP contribution in [0.15, 0.2) is 48.5 Å². The van der Waals surface area contributed by atoms with Crippen molar-refractivity contribution in [3.05, 3.63) is 59.7 Å². The van der Waals surface area contributed by atoms with Gasteiger partial charge in [0, 0.05) is 11.3 Å². The molecule has 0 saturated carbocycles. The quantitative estimate of drug-likeness (QED) is 0.884. The van der Waals surface area contributed by atoms with Gasteiger partial charge in [0.15, 0.2) is 0 Å². The minimum atomic E-state index is -0.252. The third kappa shape index (κ3) is 3.11. The van der Waals surface area contributed by atoms with Crippen LogP contribution in [-0.2, 0) is 6.61 Å². The fourth-order valence-corrected chi connectivity index (χ4v) is 1.77. The number of aliphatic hydroxyl groups excluding tert-OH is 1. The topological polar surface area (TPSA) is 58.6 Å². The molecule has 2 aromatic carbocycles. The molecule has 0 spiro atoms. The number of carbonyl (C=O) groups is 1. The summed E-state index contributed by atoms with van der Waals surface area (Å²) in [6.45, 7) is -0.214. The second-order valence-electron chi connectivity index (χ2n) is 4.00. The van der Waals surface area contributed by atoms with Crippen LogP contribution in [0.3, 0.4) is 0 Å². The molecule has 0 aliphatic rings. The van der Waals surface area contributed by atoms with E-state index in [1.165, 1.54) is 0 Å². The van der Waals surface area contributed by atoms with Crippen molar-refractivity contribution in [2.75, 3.05) is 12.4 Å². The van der Waals surface area contributed by atoms with Crippen molar-refractivity contribution in [1.82, 2.24) is 0 Å². The zero-order valence-electron chi connectivity index (χ0n) is 10.6. The van der Waals surface area contributed by atoms with Gasteiger partial charge in [-0.25, -0.2) is 0 Å². The van der Waals surface area contributed by atoms with E-state index in [1.807, 2.05) is 18.2 Å². The van der Waals surface area contributed by atoms with Gasteiger partial charge < -0.3 is 15.2 Å². The Balaban J connectivity index is 2.24. The van der Waals surface area contributed by atoms with Crippen molar-refractivity contribution in [3.8, 4) is 5.75 Å². The van der Waals surface area contributed by atoms with Crippen LogP contribution in [-0.4, -0.2) is 18.1 Å². The molecule has 4 heteroatoms. The molecule has 0 saturated heterocycles. The summed E-state index contributed by atoms with van der Waals surface area (Å²) in [6, 6.07) is 14.2. The minimum absolute atomic E-state index is 0.214. The molecule has 1 amide bonds. The molecule has 0 unspecified atom stereocenters. The molecular weight excluding hydrogens is 242 g/mol. The summed E-state index contributed by atoms with van der Waals surface area (Å²) >= 11 is 0. The highest BCUT2D eigenvalue weighted by molar-refractivity contribution is 6.05. The summed E-state index contributed by atoms with van der Waals surface area (Å²) in [5.41, 5.74) is 1.69. The van der Waals surface area contributed by atoms with Gasteiger partial charge in [-0.3, -0.25) is 4.79 Å². The van der Waals surface area contributed by atoms with Crippen LogP contribution in [0.1, 0.15) is 15.9 Å². The highest BCUT2D eigenvalue weighted by Gasteiger charge is 2.12. The maximum atomic E-state index is 12.1. The first-order valence-corrected chi connectivity index (χ1v) is 5.88. The SMILES string of the molecule is COc1ccc(C(=O)Nc2ccccc2)c(CO)c1. The van der Waals surface area contributed by atoms with E-state index in [0.717, 1.165) is 0 Å². The van der Waals surface area contributed by atoms with Gasteiger partial charge in [-0.05, 0) is 35.9 Å². The number of hydrogen-bond donors (Lipinski definition) is 2. The number of hydrogen-bond acceptors (Lipinski definition) is 3. The number of rotatable bonds is 4. The van der Waals surface area contributed by atoms with Crippen LogP contribution >= 0.6 is 0 Å². The third-order valence-electron chi connectivity index (χ3n) is 2.76. The lowest BCUT2D eigenvalue weighted by Gasteiger charge is -2.10. The van der Waals surface area contributed by atoms with Gasteiger partial charge in [-0.2, -0.15) is 0 Å². The number of nitrogens with one attached hydrogen (secondary N) is 1. The van der Waals surface area contributed by atoms with Crippen molar-refractivity contribution in [1.29, 1.82) is 0 Å². The number of methoxy groups -OCH3 is 1. The lowest BCUT2D eigenvalue weighted by atomic mass is 10.1. The fraction of sp³-hybridized carbons (Fsp3) is 0.133. The molecular formula is C15H15NO3. The van der Waals surface area contributed by atoms with Gasteiger partial charge in [0.1, 0.15) is 5.75 Å². The molecule has 2 N–H and O–H groups in total. The number of ether oxygens (including phenoxy) is 1. The number of amides is 1. The first-order valence-electron chi connectivity index (χ1n) is 5.88. The number of carbonyl (C=O) groups excluding carboxylic acids is 1. The first kappa shape index (κ1) is 13.1. The molecule has 0 aromatic heterocycles. The molecule has 0 aliphatic heterocycles. The predicted molar refractivity (Wildman–Crippen MR) is 73.3 cm³/mol. The highest BCUT2D eigenvalue weighted by atomic mass is 16.5. The summed E-state index contributed by atoms with van der Waals surface area (Å²) in [5, 5.41) is 12.1. The average molecular weight is 257 g/mol. The van der Waals surface area contributed by atoms with Gasteiger partial charge in [0.05, 0.1) is 13.7 Å². The first-order chi connectivity index (χ1) is 9.24. The standard InChI is InChI=1S/C15H15NO3/c1-19-13-7-8-14(11(9-13)10-17)15(18)16-12-5-3-2-4-6-12/h2-9,17H,10H2,1H3,(H,16,18). The largest absolute Gasteiger partial charge is 0.497 e. The lowest BCUT2D eigenvalue weighted by Crippen LogP contribution is -2.14. The third-order valence-corrected chi connectivity index (χ3v) is 2.76. The Bertz CT molecular complexity index is 567. The van der Waals surface area contributed by atoms with Crippen LogP contribution in [0.4, 0.5) is 5.69 Å². The van der Waals surface area contributed by atoms with E-state index in [4.69, 9.17) is 4.74 Å². The second-order valence-corrected chi connectivity index (χ2v) is 4.00. The van der Waals surface area contributed by atoms with Gasteiger partial charge in [0.2, 0.25) is 0 Å². The molecule has 2 aromatic rings. The molecule has 0 radical (unpaired) electrons. The summed E-state index contributed by atoms with van der Waals surface area (Å²) in [7, 11) is 1.54. The smallest absolute Gasteiger partial charge is 0.256 e. The zero-order chi connectivity index (χ0) is 13.7. The Labute approximate surface area is 111 Å². The van der Waals surface area contributed by atoms with Gasteiger partial charge in [0.25, 0.3) is 5.91 Å². The van der Waals surface area contributed by atoms with Gasteiger partial charge >= 0.3 is 0 Å². The number of benzene rings is 2. The number of aliphatic hydroxyl groups is 1. The van der Waals surface area contributed by atoms with Crippen LogP contribution in [0.25, 0.3) is 0 Å². The van der Waals surface area contributed by atoms with Crippen molar-refractivity contribution in [2.24, 2.45) is 0 Å². The van der Waals surface area contributed by atoms with Crippen molar-refractivity contribution >= 4 is 11.6 Å². The Morgan fingerprint density at radius 3 is 2.58 bits per heavy atom. The maximum absolute atomic E-state index is 12.1. The summed E-state index contributed by atoms with van der Waals surface area (Å²) in [5.74, 6) is 0.359. The Morgan fingerprint density at radius 2 is 1.95 bits per heavy atom. The second kappa shape index (κ2) is 6.02.